The number of carbonyl (C=O) groups excluding carboxylic acids is 1. The molecule has 37 heavy (non-hydrogen) atoms. The highest BCUT2D eigenvalue weighted by molar-refractivity contribution is 5.99. The zero-order chi connectivity index (χ0) is 26.8. The number of carbonyl (C=O) groups is 1. The van der Waals surface area contributed by atoms with Crippen molar-refractivity contribution in [3.05, 3.63) is 77.0 Å². The fourth-order valence-electron chi connectivity index (χ4n) is 3.92. The van der Waals surface area contributed by atoms with E-state index in [1.807, 2.05) is 4.90 Å². The van der Waals surface area contributed by atoms with Crippen LogP contribution in [0.25, 0.3) is 11.3 Å². The lowest BCUT2D eigenvalue weighted by atomic mass is 10.0. The van der Waals surface area contributed by atoms with E-state index in [9.17, 15) is 31.1 Å². The van der Waals surface area contributed by atoms with E-state index in [1.54, 1.807) is 30.3 Å². The zero-order valence-electron chi connectivity index (χ0n) is 19.6. The maximum atomic E-state index is 13.4. The predicted molar refractivity (Wildman–Crippen MR) is 123 cm³/mol. The third kappa shape index (κ3) is 6.19. The number of morpholine rings is 1. The molecule has 2 aromatic carbocycles. The summed E-state index contributed by atoms with van der Waals surface area (Å²) in [7, 11) is 1.29. The second kappa shape index (κ2) is 10.4. The van der Waals surface area contributed by atoms with Crippen LogP contribution in [0.4, 0.5) is 32.3 Å². The minimum atomic E-state index is -4.98. The first kappa shape index (κ1) is 26.4. The van der Waals surface area contributed by atoms with Crippen molar-refractivity contribution in [1.29, 1.82) is 0 Å². The van der Waals surface area contributed by atoms with Crippen LogP contribution in [0.1, 0.15) is 27.0 Å². The Morgan fingerprint density at radius 1 is 0.973 bits per heavy atom. The highest BCUT2D eigenvalue weighted by Crippen LogP contribution is 2.36. The summed E-state index contributed by atoms with van der Waals surface area (Å²) < 4.78 is 84.9. The predicted octanol–water partition coefficient (Wildman–Crippen LogP) is 5.29. The Hall–Kier alpha value is -3.67. The number of hydrogen-bond acceptors (Lipinski definition) is 5. The van der Waals surface area contributed by atoms with E-state index in [-0.39, 0.29) is 17.2 Å². The number of halogens is 6. The molecule has 0 radical (unpaired) electrons. The van der Waals surface area contributed by atoms with Gasteiger partial charge in [-0.15, -0.1) is 0 Å². The van der Waals surface area contributed by atoms with Gasteiger partial charge in [0, 0.05) is 38.4 Å². The van der Waals surface area contributed by atoms with Gasteiger partial charge in [0.2, 0.25) is 5.95 Å². The molecule has 1 amide bonds. The molecule has 6 nitrogen and oxygen atoms in total. The average molecular weight is 524 g/mol. The summed E-state index contributed by atoms with van der Waals surface area (Å²) in [5.74, 6) is -0.271. The van der Waals surface area contributed by atoms with E-state index in [0.717, 1.165) is 4.90 Å². The van der Waals surface area contributed by atoms with Crippen molar-refractivity contribution in [2.24, 2.45) is 0 Å². The number of aromatic nitrogens is 2. The van der Waals surface area contributed by atoms with Crippen LogP contribution in [-0.2, 0) is 23.6 Å². The molecule has 0 aliphatic carbocycles. The van der Waals surface area contributed by atoms with Crippen molar-refractivity contribution in [2.45, 2.75) is 18.9 Å². The number of benzene rings is 2. The van der Waals surface area contributed by atoms with Gasteiger partial charge < -0.3 is 14.5 Å². The van der Waals surface area contributed by atoms with E-state index in [2.05, 4.69) is 9.97 Å². The number of hydrogen-bond donors (Lipinski definition) is 0. The van der Waals surface area contributed by atoms with Crippen LogP contribution < -0.4 is 4.90 Å². The minimum Gasteiger partial charge on any atom is -0.378 e. The molecule has 0 N–H and O–H groups in total. The molecular formula is C25H22F6N4O2. The largest absolute Gasteiger partial charge is 0.416 e. The molecule has 1 aromatic heterocycles. The SMILES string of the molecule is CN(Cc1cc(C(F)(F)F)cc(C(F)(F)F)c1)C(=O)c1cnc(N2CCOCC2)nc1-c1ccccc1. The summed E-state index contributed by atoms with van der Waals surface area (Å²) in [6, 6.07) is 10.0. The van der Waals surface area contributed by atoms with Gasteiger partial charge in [0.25, 0.3) is 5.91 Å². The zero-order valence-corrected chi connectivity index (χ0v) is 19.6. The molecule has 1 fully saturated rings. The topological polar surface area (TPSA) is 58.6 Å². The van der Waals surface area contributed by atoms with Gasteiger partial charge in [-0.05, 0) is 23.8 Å². The van der Waals surface area contributed by atoms with Gasteiger partial charge in [0.05, 0.1) is 35.6 Å². The Balaban J connectivity index is 1.68. The van der Waals surface area contributed by atoms with Crippen LogP contribution >= 0.6 is 0 Å². The van der Waals surface area contributed by atoms with Crippen LogP contribution in [0.15, 0.2) is 54.7 Å². The van der Waals surface area contributed by atoms with Crippen molar-refractivity contribution in [3.8, 4) is 11.3 Å². The molecule has 3 aromatic rings. The lowest BCUT2D eigenvalue weighted by molar-refractivity contribution is -0.143. The first-order chi connectivity index (χ1) is 17.4. The van der Waals surface area contributed by atoms with E-state index >= 15 is 0 Å². The summed E-state index contributed by atoms with van der Waals surface area (Å²) in [5, 5.41) is 0. The minimum absolute atomic E-state index is 0.0526. The maximum Gasteiger partial charge on any atom is 0.416 e. The Bertz CT molecular complexity index is 1230. The van der Waals surface area contributed by atoms with E-state index in [1.165, 1.54) is 13.2 Å². The van der Waals surface area contributed by atoms with Crippen molar-refractivity contribution in [3.63, 3.8) is 0 Å². The Labute approximate surface area is 208 Å². The molecule has 0 unspecified atom stereocenters. The molecule has 2 heterocycles. The van der Waals surface area contributed by atoms with Gasteiger partial charge in [-0.3, -0.25) is 4.79 Å². The van der Waals surface area contributed by atoms with Gasteiger partial charge in [-0.1, -0.05) is 30.3 Å². The quantitative estimate of drug-likeness (QED) is 0.425. The molecule has 1 aliphatic heterocycles. The molecule has 1 saturated heterocycles. The monoisotopic (exact) mass is 524 g/mol. The number of alkyl halides is 6. The summed E-state index contributed by atoms with van der Waals surface area (Å²) in [4.78, 5) is 25.2. The number of nitrogens with zero attached hydrogens (tertiary/aromatic N) is 4. The standard InChI is InChI=1S/C25H22F6N4O2/c1-34(15-16-11-18(24(26,27)28)13-19(12-16)25(29,30)31)22(36)20-14-32-23(35-7-9-37-10-8-35)33-21(20)17-5-3-2-4-6-17/h2-6,11-14H,7-10,15H2,1H3. The van der Waals surface area contributed by atoms with Crippen molar-refractivity contribution < 1.29 is 35.9 Å². The molecule has 4 rings (SSSR count). The number of rotatable bonds is 5. The maximum absolute atomic E-state index is 13.4. The van der Waals surface area contributed by atoms with Crippen LogP contribution in [0.2, 0.25) is 0 Å². The van der Waals surface area contributed by atoms with Crippen molar-refractivity contribution in [1.82, 2.24) is 14.9 Å². The van der Waals surface area contributed by atoms with Crippen molar-refractivity contribution in [2.75, 3.05) is 38.3 Å². The van der Waals surface area contributed by atoms with Crippen LogP contribution in [0, 0.1) is 0 Å². The highest BCUT2D eigenvalue weighted by atomic mass is 19.4. The number of amides is 1. The molecule has 0 bridgehead atoms. The third-order valence-electron chi connectivity index (χ3n) is 5.76. The van der Waals surface area contributed by atoms with Gasteiger partial charge in [-0.25, -0.2) is 9.97 Å². The third-order valence-corrected chi connectivity index (χ3v) is 5.76. The summed E-state index contributed by atoms with van der Waals surface area (Å²) >= 11 is 0. The second-order valence-electron chi connectivity index (χ2n) is 8.47. The van der Waals surface area contributed by atoms with Gasteiger partial charge in [0.1, 0.15) is 0 Å². The molecule has 196 valence electrons. The molecule has 0 spiro atoms. The average Bonchev–Trinajstić information content (AvgIpc) is 2.87. The van der Waals surface area contributed by atoms with E-state index in [4.69, 9.17) is 4.74 Å². The fraction of sp³-hybridized carbons (Fsp3) is 0.320. The second-order valence-corrected chi connectivity index (χ2v) is 8.47. The lowest BCUT2D eigenvalue weighted by Gasteiger charge is -2.27. The highest BCUT2D eigenvalue weighted by Gasteiger charge is 2.37. The van der Waals surface area contributed by atoms with Crippen LogP contribution in [-0.4, -0.2) is 54.1 Å². The van der Waals surface area contributed by atoms with Crippen molar-refractivity contribution >= 4 is 11.9 Å². The first-order valence-corrected chi connectivity index (χ1v) is 11.2. The first-order valence-electron chi connectivity index (χ1n) is 11.2. The normalized spacial score (nSPS) is 14.5. The Morgan fingerprint density at radius 2 is 1.57 bits per heavy atom. The number of anilines is 1. The summed E-state index contributed by atoms with van der Waals surface area (Å²) in [6.07, 6.45) is -8.64. The molecular weight excluding hydrogens is 502 g/mol. The molecule has 12 heteroatoms. The van der Waals surface area contributed by atoms with Crippen LogP contribution in [0.5, 0.6) is 0 Å². The van der Waals surface area contributed by atoms with Gasteiger partial charge in [0.15, 0.2) is 0 Å². The smallest absolute Gasteiger partial charge is 0.378 e. The Kier molecular flexibility index (Phi) is 7.39. The Morgan fingerprint density at radius 3 is 2.14 bits per heavy atom. The van der Waals surface area contributed by atoms with E-state index < -0.39 is 35.9 Å². The van der Waals surface area contributed by atoms with Crippen LogP contribution in [0.3, 0.4) is 0 Å². The fourth-order valence-corrected chi connectivity index (χ4v) is 3.92. The van der Waals surface area contributed by atoms with Gasteiger partial charge >= 0.3 is 12.4 Å². The lowest BCUT2D eigenvalue weighted by Crippen LogP contribution is -2.37. The molecule has 0 saturated carbocycles. The summed E-state index contributed by atoms with van der Waals surface area (Å²) in [6.45, 7) is 1.59. The summed E-state index contributed by atoms with van der Waals surface area (Å²) in [5.41, 5.74) is -2.23. The molecule has 0 atom stereocenters. The number of ether oxygens (including phenoxy) is 1. The van der Waals surface area contributed by atoms with E-state index in [0.29, 0.717) is 55.6 Å². The molecule has 1 aliphatic rings. The van der Waals surface area contributed by atoms with Gasteiger partial charge in [-0.2, -0.15) is 26.3 Å².